The Morgan fingerprint density at radius 3 is 1.36 bits per heavy atom. The minimum atomic E-state index is -0.727. The van der Waals surface area contributed by atoms with Crippen LogP contribution in [0.5, 0.6) is 0 Å². The summed E-state index contributed by atoms with van der Waals surface area (Å²) in [5, 5.41) is 0. The highest BCUT2D eigenvalue weighted by atomic mass is 19.1. The lowest BCUT2D eigenvalue weighted by atomic mass is 10.0. The highest BCUT2D eigenvalue weighted by molar-refractivity contribution is 5.82. The van der Waals surface area contributed by atoms with E-state index in [1.54, 1.807) is 36.4 Å². The fourth-order valence-electron chi connectivity index (χ4n) is 5.60. The van der Waals surface area contributed by atoms with Gasteiger partial charge < -0.3 is 0 Å². The molecule has 4 aromatic carbocycles. The van der Waals surface area contributed by atoms with E-state index in [0.29, 0.717) is 23.0 Å². The monoisotopic (exact) mass is 559 g/mol. The molecule has 6 aromatic rings. The maximum Gasteiger partial charge on any atom is 0.135 e. The van der Waals surface area contributed by atoms with E-state index in [2.05, 4.69) is 12.1 Å². The highest BCUT2D eigenvalue weighted by Crippen LogP contribution is 2.49. The first-order valence-corrected chi connectivity index (χ1v) is 13.3. The van der Waals surface area contributed by atoms with Crippen LogP contribution in [0, 0.1) is 23.3 Å². The van der Waals surface area contributed by atoms with Gasteiger partial charge in [0.15, 0.2) is 0 Å². The molecule has 1 aliphatic carbocycles. The third-order valence-electron chi connectivity index (χ3n) is 7.44. The average Bonchev–Trinajstić information content (AvgIpc) is 3.32. The van der Waals surface area contributed by atoms with Gasteiger partial charge in [-0.1, -0.05) is 60.7 Å². The molecule has 7 rings (SSSR count). The highest BCUT2D eigenvalue weighted by Gasteiger charge is 2.35. The van der Waals surface area contributed by atoms with Gasteiger partial charge in [0, 0.05) is 23.3 Å². The molecule has 0 atom stereocenters. The molecule has 42 heavy (non-hydrogen) atoms. The van der Waals surface area contributed by atoms with E-state index in [1.165, 1.54) is 24.3 Å². The number of fused-ring (bicyclic) bond motifs is 3. The van der Waals surface area contributed by atoms with Gasteiger partial charge in [0.25, 0.3) is 0 Å². The molecular formula is C35H21F4N3. The Hall–Kier alpha value is -5.30. The van der Waals surface area contributed by atoms with Crippen LogP contribution in [0.1, 0.15) is 17.2 Å². The Labute approximate surface area is 239 Å². The largest absolute Gasteiger partial charge is 0.299 e. The number of halogens is 4. The molecule has 2 heterocycles. The number of rotatable bonds is 5. The average molecular weight is 560 g/mol. The molecule has 0 radical (unpaired) electrons. The van der Waals surface area contributed by atoms with Crippen molar-refractivity contribution in [1.29, 1.82) is 0 Å². The minimum absolute atomic E-state index is 0.153. The van der Waals surface area contributed by atoms with Crippen molar-refractivity contribution < 1.29 is 17.6 Å². The number of nitrogens with zero attached hydrogens (tertiary/aromatic N) is 3. The summed E-state index contributed by atoms with van der Waals surface area (Å²) in [6.45, 7) is 0. The van der Waals surface area contributed by atoms with Crippen LogP contribution in [0.2, 0.25) is 0 Å². The quantitative estimate of drug-likeness (QED) is 0.197. The van der Waals surface area contributed by atoms with Crippen LogP contribution in [0.15, 0.2) is 121 Å². The SMILES string of the molecule is Fc1ccc(-c2cccc(N(c3cccc(-c4ccc(F)cc4F)n3)C3c4ccccc4-c4ccccc43)n2)c(F)c1. The maximum atomic E-state index is 14.8. The van der Waals surface area contributed by atoms with Crippen LogP contribution < -0.4 is 4.90 Å². The molecule has 0 saturated heterocycles. The molecule has 2 aromatic heterocycles. The van der Waals surface area contributed by atoms with Gasteiger partial charge in [0.05, 0.1) is 17.4 Å². The van der Waals surface area contributed by atoms with E-state index in [-0.39, 0.29) is 17.2 Å². The van der Waals surface area contributed by atoms with Crippen molar-refractivity contribution in [3.8, 4) is 33.6 Å². The third kappa shape index (κ3) is 4.39. The van der Waals surface area contributed by atoms with E-state index in [9.17, 15) is 17.6 Å². The molecule has 0 N–H and O–H groups in total. The minimum Gasteiger partial charge on any atom is -0.299 e. The Morgan fingerprint density at radius 2 is 0.905 bits per heavy atom. The second-order valence-electron chi connectivity index (χ2n) is 9.96. The van der Waals surface area contributed by atoms with Crippen LogP contribution in [-0.4, -0.2) is 9.97 Å². The molecule has 204 valence electrons. The van der Waals surface area contributed by atoms with Gasteiger partial charge in [0.1, 0.15) is 34.9 Å². The summed E-state index contributed by atoms with van der Waals surface area (Å²) < 4.78 is 57.0. The summed E-state index contributed by atoms with van der Waals surface area (Å²) in [6.07, 6.45) is 0. The summed E-state index contributed by atoms with van der Waals surface area (Å²) in [6, 6.07) is 32.9. The van der Waals surface area contributed by atoms with Crippen LogP contribution in [-0.2, 0) is 0 Å². The third-order valence-corrected chi connectivity index (χ3v) is 7.44. The van der Waals surface area contributed by atoms with Crippen LogP contribution in [0.3, 0.4) is 0 Å². The molecular weight excluding hydrogens is 538 g/mol. The number of hydrogen-bond donors (Lipinski definition) is 0. The van der Waals surface area contributed by atoms with Gasteiger partial charge in [-0.15, -0.1) is 0 Å². The number of anilines is 2. The topological polar surface area (TPSA) is 29.0 Å². The first-order chi connectivity index (χ1) is 20.5. The summed E-state index contributed by atoms with van der Waals surface area (Å²) in [4.78, 5) is 11.6. The second kappa shape index (κ2) is 10.3. The predicted octanol–water partition coefficient (Wildman–Crippen LogP) is 9.28. The van der Waals surface area contributed by atoms with Crippen LogP contribution in [0.25, 0.3) is 33.6 Å². The van der Waals surface area contributed by atoms with Crippen molar-refractivity contribution in [2.45, 2.75) is 6.04 Å². The van der Waals surface area contributed by atoms with E-state index in [1.807, 2.05) is 41.3 Å². The standard InChI is InChI=1S/C35H21F4N3/c36-21-15-17-27(29(38)19-21)31-11-5-13-33(40-31)42(34-14-6-12-32(41-34)28-18-16-22(37)20-30(28)39)35-25-9-3-1-7-23(25)24-8-2-4-10-26(24)35/h1-20,35H. The smallest absolute Gasteiger partial charge is 0.135 e. The Morgan fingerprint density at radius 1 is 0.452 bits per heavy atom. The first-order valence-electron chi connectivity index (χ1n) is 13.3. The number of pyridine rings is 2. The molecule has 0 amide bonds. The van der Waals surface area contributed by atoms with Crippen molar-refractivity contribution >= 4 is 11.6 Å². The summed E-state index contributed by atoms with van der Waals surface area (Å²) >= 11 is 0. The Balaban J connectivity index is 1.45. The van der Waals surface area contributed by atoms with Gasteiger partial charge in [0.2, 0.25) is 0 Å². The molecule has 7 heteroatoms. The molecule has 1 aliphatic rings. The lowest BCUT2D eigenvalue weighted by molar-refractivity contribution is 0.584. The van der Waals surface area contributed by atoms with E-state index in [0.717, 1.165) is 34.4 Å². The fourth-order valence-corrected chi connectivity index (χ4v) is 5.60. The predicted molar refractivity (Wildman–Crippen MR) is 155 cm³/mol. The fraction of sp³-hybridized carbons (Fsp3) is 0.0286. The molecule has 0 aliphatic heterocycles. The van der Waals surface area contributed by atoms with Gasteiger partial charge in [-0.2, -0.15) is 0 Å². The lowest BCUT2D eigenvalue weighted by Crippen LogP contribution is -2.25. The van der Waals surface area contributed by atoms with Gasteiger partial charge in [-0.05, 0) is 70.8 Å². The van der Waals surface area contributed by atoms with Crippen molar-refractivity contribution in [1.82, 2.24) is 9.97 Å². The molecule has 0 spiro atoms. The Kier molecular flexibility index (Phi) is 6.27. The van der Waals surface area contributed by atoms with E-state index in [4.69, 9.17) is 9.97 Å². The molecule has 0 saturated carbocycles. The van der Waals surface area contributed by atoms with Gasteiger partial charge >= 0.3 is 0 Å². The second-order valence-corrected chi connectivity index (χ2v) is 9.96. The van der Waals surface area contributed by atoms with E-state index >= 15 is 0 Å². The summed E-state index contributed by atoms with van der Waals surface area (Å²) in [5.41, 5.74) is 5.08. The summed E-state index contributed by atoms with van der Waals surface area (Å²) in [5.74, 6) is -1.90. The van der Waals surface area contributed by atoms with Gasteiger partial charge in [-0.25, -0.2) is 27.5 Å². The molecule has 3 nitrogen and oxygen atoms in total. The maximum absolute atomic E-state index is 14.8. The zero-order chi connectivity index (χ0) is 28.8. The normalized spacial score (nSPS) is 12.2. The zero-order valence-corrected chi connectivity index (χ0v) is 22.0. The zero-order valence-electron chi connectivity index (χ0n) is 22.0. The van der Waals surface area contributed by atoms with Crippen molar-refractivity contribution in [2.75, 3.05) is 4.90 Å². The molecule has 0 unspecified atom stereocenters. The van der Waals surface area contributed by atoms with Crippen LogP contribution in [0.4, 0.5) is 29.2 Å². The van der Waals surface area contributed by atoms with Crippen molar-refractivity contribution in [3.05, 3.63) is 156 Å². The first kappa shape index (κ1) is 25.7. The van der Waals surface area contributed by atoms with Crippen LogP contribution >= 0.6 is 0 Å². The number of benzene rings is 4. The van der Waals surface area contributed by atoms with Crippen molar-refractivity contribution in [3.63, 3.8) is 0 Å². The molecule has 0 bridgehead atoms. The Bertz CT molecular complexity index is 1830. The van der Waals surface area contributed by atoms with Crippen molar-refractivity contribution in [2.24, 2.45) is 0 Å². The van der Waals surface area contributed by atoms with E-state index < -0.39 is 23.3 Å². The number of hydrogen-bond acceptors (Lipinski definition) is 3. The lowest BCUT2D eigenvalue weighted by Gasteiger charge is -2.31. The summed E-state index contributed by atoms with van der Waals surface area (Å²) in [7, 11) is 0. The number of aromatic nitrogens is 2. The molecule has 0 fully saturated rings. The van der Waals surface area contributed by atoms with Gasteiger partial charge in [-0.3, -0.25) is 4.90 Å².